The van der Waals surface area contributed by atoms with E-state index in [4.69, 9.17) is 23.2 Å². The van der Waals surface area contributed by atoms with Crippen LogP contribution in [0.2, 0.25) is 10.0 Å². The lowest BCUT2D eigenvalue weighted by atomic mass is 10.2. The van der Waals surface area contributed by atoms with Gasteiger partial charge >= 0.3 is 5.69 Å². The minimum Gasteiger partial charge on any atom is -0.350 e. The molecule has 4 rings (SSSR count). The van der Waals surface area contributed by atoms with Gasteiger partial charge in [-0.25, -0.2) is 4.79 Å². The summed E-state index contributed by atoms with van der Waals surface area (Å²) in [5, 5.41) is 1.54. The number of carbonyl (C=O) groups is 1. The molecule has 0 radical (unpaired) electrons. The average molecular weight is 389 g/mol. The number of aromatic amines is 2. The molecule has 2 aromatic heterocycles. The largest absolute Gasteiger partial charge is 0.350 e. The summed E-state index contributed by atoms with van der Waals surface area (Å²) in [6.45, 7) is 0. The van der Waals surface area contributed by atoms with E-state index in [1.807, 2.05) is 0 Å². The number of benzene rings is 2. The summed E-state index contributed by atoms with van der Waals surface area (Å²) in [4.78, 5) is 42.6. The minimum absolute atomic E-state index is 0.109. The van der Waals surface area contributed by atoms with Gasteiger partial charge < -0.3 is 9.97 Å². The van der Waals surface area contributed by atoms with Crippen molar-refractivity contribution >= 4 is 50.9 Å². The Labute approximate surface area is 155 Å². The summed E-state index contributed by atoms with van der Waals surface area (Å²) < 4.78 is 0.592. The highest BCUT2D eigenvalue weighted by atomic mass is 35.5. The molecule has 3 N–H and O–H groups in total. The second-order valence-corrected chi connectivity index (χ2v) is 6.43. The van der Waals surface area contributed by atoms with E-state index in [-0.39, 0.29) is 16.1 Å². The van der Waals surface area contributed by atoms with E-state index in [9.17, 15) is 14.4 Å². The highest BCUT2D eigenvalue weighted by Crippen LogP contribution is 2.20. The molecule has 0 saturated heterocycles. The first-order valence-electron chi connectivity index (χ1n) is 7.47. The maximum atomic E-state index is 12.6. The van der Waals surface area contributed by atoms with Gasteiger partial charge in [-0.1, -0.05) is 29.3 Å². The Morgan fingerprint density at radius 2 is 1.81 bits per heavy atom. The molecule has 0 aliphatic heterocycles. The van der Waals surface area contributed by atoms with Crippen LogP contribution in [0, 0.1) is 0 Å². The van der Waals surface area contributed by atoms with Crippen LogP contribution < -0.4 is 16.7 Å². The first-order valence-corrected chi connectivity index (χ1v) is 8.23. The first-order chi connectivity index (χ1) is 12.4. The maximum absolute atomic E-state index is 12.6. The van der Waals surface area contributed by atoms with Gasteiger partial charge in [-0.05, 0) is 36.4 Å². The number of halogens is 2. The standard InChI is InChI=1S/C17H10Cl2N4O3/c18-9-4-5-11-8(6-9)7-13(20-11)15(24)22-23-16(25)14-10(19)2-1-3-12(14)21-17(23)26/h1-7,20H,(H,21,26)(H,22,24). The third-order valence-corrected chi connectivity index (χ3v) is 4.47. The van der Waals surface area contributed by atoms with Gasteiger partial charge in [0.05, 0.1) is 15.9 Å². The number of fused-ring (bicyclic) bond motifs is 2. The quantitative estimate of drug-likeness (QED) is 0.492. The van der Waals surface area contributed by atoms with E-state index in [0.717, 1.165) is 5.39 Å². The van der Waals surface area contributed by atoms with Crippen molar-refractivity contribution in [2.45, 2.75) is 0 Å². The number of carbonyl (C=O) groups excluding carboxylic acids is 1. The fourth-order valence-electron chi connectivity index (χ4n) is 2.71. The molecule has 0 atom stereocenters. The van der Waals surface area contributed by atoms with Crippen LogP contribution in [0.5, 0.6) is 0 Å². The zero-order valence-electron chi connectivity index (χ0n) is 13.0. The number of H-pyrrole nitrogens is 2. The fraction of sp³-hybridized carbons (Fsp3) is 0. The molecule has 0 saturated carbocycles. The minimum atomic E-state index is -0.780. The normalized spacial score (nSPS) is 11.2. The van der Waals surface area contributed by atoms with Crippen molar-refractivity contribution in [3.8, 4) is 0 Å². The van der Waals surface area contributed by atoms with E-state index in [1.54, 1.807) is 36.4 Å². The molecule has 1 amide bonds. The Balaban J connectivity index is 1.78. The van der Waals surface area contributed by atoms with Crippen molar-refractivity contribution in [2.24, 2.45) is 0 Å². The molecular formula is C17H10Cl2N4O3. The Bertz CT molecular complexity index is 1300. The topological polar surface area (TPSA) is 99.8 Å². The highest BCUT2D eigenvalue weighted by molar-refractivity contribution is 6.35. The summed E-state index contributed by atoms with van der Waals surface area (Å²) in [5.41, 5.74) is 1.95. The Hall–Kier alpha value is -3.03. The van der Waals surface area contributed by atoms with E-state index in [1.165, 1.54) is 6.07 Å². The SMILES string of the molecule is O=C(Nn1c(=O)[nH]c2cccc(Cl)c2c1=O)c1cc2cc(Cl)ccc2[nH]1. The number of nitrogens with one attached hydrogen (secondary N) is 3. The van der Waals surface area contributed by atoms with E-state index in [2.05, 4.69) is 15.4 Å². The van der Waals surface area contributed by atoms with Gasteiger partial charge in [0.15, 0.2) is 0 Å². The van der Waals surface area contributed by atoms with Crippen molar-refractivity contribution < 1.29 is 4.79 Å². The zero-order valence-corrected chi connectivity index (χ0v) is 14.5. The number of nitrogens with zero attached hydrogens (tertiary/aromatic N) is 1. The number of hydrogen-bond donors (Lipinski definition) is 3. The van der Waals surface area contributed by atoms with E-state index in [0.29, 0.717) is 20.7 Å². The molecule has 0 fully saturated rings. The summed E-state index contributed by atoms with van der Waals surface area (Å²) in [6, 6.07) is 11.4. The number of aromatic nitrogens is 3. The number of amides is 1. The van der Waals surface area contributed by atoms with Crippen LogP contribution in [0.1, 0.15) is 10.5 Å². The molecule has 0 unspecified atom stereocenters. The summed E-state index contributed by atoms with van der Waals surface area (Å²) in [5.74, 6) is -0.656. The van der Waals surface area contributed by atoms with E-state index < -0.39 is 17.2 Å². The van der Waals surface area contributed by atoms with Gasteiger partial charge in [-0.15, -0.1) is 0 Å². The van der Waals surface area contributed by atoms with Crippen molar-refractivity contribution in [1.29, 1.82) is 0 Å². The van der Waals surface area contributed by atoms with Crippen LogP contribution in [-0.2, 0) is 0 Å². The Kier molecular flexibility index (Phi) is 3.82. The predicted molar refractivity (Wildman–Crippen MR) is 101 cm³/mol. The van der Waals surface area contributed by atoms with Crippen molar-refractivity contribution in [2.75, 3.05) is 5.43 Å². The smallest absolute Gasteiger partial charge is 0.348 e. The fourth-order valence-corrected chi connectivity index (χ4v) is 3.15. The summed E-state index contributed by atoms with van der Waals surface area (Å²) in [6.07, 6.45) is 0. The highest BCUT2D eigenvalue weighted by Gasteiger charge is 2.15. The lowest BCUT2D eigenvalue weighted by molar-refractivity contribution is 0.100. The van der Waals surface area contributed by atoms with Crippen LogP contribution >= 0.6 is 23.2 Å². The van der Waals surface area contributed by atoms with Gasteiger partial charge in [0, 0.05) is 15.9 Å². The molecule has 0 aliphatic rings. The van der Waals surface area contributed by atoms with Crippen LogP contribution in [-0.4, -0.2) is 20.6 Å². The van der Waals surface area contributed by atoms with Gasteiger partial charge in [0.1, 0.15) is 5.69 Å². The third kappa shape index (κ3) is 2.67. The molecule has 26 heavy (non-hydrogen) atoms. The zero-order chi connectivity index (χ0) is 18.4. The summed E-state index contributed by atoms with van der Waals surface area (Å²) in [7, 11) is 0. The molecular weight excluding hydrogens is 379 g/mol. The summed E-state index contributed by atoms with van der Waals surface area (Å²) >= 11 is 12.0. The molecule has 7 nitrogen and oxygen atoms in total. The first kappa shape index (κ1) is 16.4. The molecule has 2 heterocycles. The Morgan fingerprint density at radius 3 is 2.62 bits per heavy atom. The van der Waals surface area contributed by atoms with Crippen molar-refractivity contribution in [3.05, 3.63) is 79.0 Å². The molecule has 130 valence electrons. The molecule has 4 aromatic rings. The molecule has 0 spiro atoms. The lowest BCUT2D eigenvalue weighted by Gasteiger charge is -2.08. The van der Waals surface area contributed by atoms with Crippen LogP contribution in [0.3, 0.4) is 0 Å². The van der Waals surface area contributed by atoms with Gasteiger partial charge in [0.25, 0.3) is 11.5 Å². The van der Waals surface area contributed by atoms with E-state index >= 15 is 0 Å². The number of hydrogen-bond acceptors (Lipinski definition) is 3. The molecule has 0 aliphatic carbocycles. The average Bonchev–Trinajstić information content (AvgIpc) is 3.01. The van der Waals surface area contributed by atoms with Crippen LogP contribution in [0.25, 0.3) is 21.8 Å². The van der Waals surface area contributed by atoms with Crippen molar-refractivity contribution in [1.82, 2.24) is 14.6 Å². The van der Waals surface area contributed by atoms with Gasteiger partial charge in [-0.3, -0.25) is 15.0 Å². The molecule has 2 aromatic carbocycles. The van der Waals surface area contributed by atoms with Crippen LogP contribution in [0.4, 0.5) is 0 Å². The monoisotopic (exact) mass is 388 g/mol. The van der Waals surface area contributed by atoms with Gasteiger partial charge in [-0.2, -0.15) is 4.68 Å². The second kappa shape index (κ2) is 6.05. The van der Waals surface area contributed by atoms with Crippen molar-refractivity contribution in [3.63, 3.8) is 0 Å². The van der Waals surface area contributed by atoms with Gasteiger partial charge in [0.2, 0.25) is 0 Å². The lowest BCUT2D eigenvalue weighted by Crippen LogP contribution is -2.43. The van der Waals surface area contributed by atoms with Crippen LogP contribution in [0.15, 0.2) is 52.1 Å². The molecule has 9 heteroatoms. The predicted octanol–water partition coefficient (Wildman–Crippen LogP) is 2.86. The Morgan fingerprint density at radius 1 is 1.00 bits per heavy atom. The second-order valence-electron chi connectivity index (χ2n) is 5.59. The maximum Gasteiger partial charge on any atom is 0.348 e. The third-order valence-electron chi connectivity index (χ3n) is 3.92. The number of rotatable bonds is 2. The molecule has 0 bridgehead atoms.